The Morgan fingerprint density at radius 2 is 2.00 bits per heavy atom. The fraction of sp³-hybridized carbons (Fsp3) is 0. The predicted octanol–water partition coefficient (Wildman–Crippen LogP) is 2.57. The first-order chi connectivity index (χ1) is 9.47. The van der Waals surface area contributed by atoms with Crippen LogP contribution in [0.25, 0.3) is 0 Å². The van der Waals surface area contributed by atoms with Crippen molar-refractivity contribution in [3.8, 4) is 0 Å². The summed E-state index contributed by atoms with van der Waals surface area (Å²) >= 11 is 0. The highest BCUT2D eigenvalue weighted by Crippen LogP contribution is 2.22. The summed E-state index contributed by atoms with van der Waals surface area (Å²) in [5.74, 6) is -1.45. The zero-order valence-corrected chi connectivity index (χ0v) is 10.2. The molecule has 0 bridgehead atoms. The number of amides is 1. The monoisotopic (exact) mass is 275 g/mol. The predicted molar refractivity (Wildman–Crippen MR) is 71.9 cm³/mol. The van der Waals surface area contributed by atoms with Gasteiger partial charge >= 0.3 is 5.69 Å². The number of benzene rings is 2. The first-order valence-electron chi connectivity index (χ1n) is 5.58. The second-order valence-electron chi connectivity index (χ2n) is 4.00. The number of nitrogens with one attached hydrogen (secondary N) is 1. The fourth-order valence-electron chi connectivity index (χ4n) is 1.61. The molecule has 0 aromatic heterocycles. The zero-order valence-electron chi connectivity index (χ0n) is 10.2. The number of hydrogen-bond acceptors (Lipinski definition) is 4. The number of carbonyl (C=O) groups is 1. The highest BCUT2D eigenvalue weighted by atomic mass is 19.1. The molecule has 0 aliphatic carbocycles. The Bertz CT molecular complexity index is 688. The molecule has 3 N–H and O–H groups in total. The van der Waals surface area contributed by atoms with Crippen LogP contribution in [0.5, 0.6) is 0 Å². The Morgan fingerprint density at radius 3 is 2.65 bits per heavy atom. The molecule has 2 aromatic rings. The van der Waals surface area contributed by atoms with E-state index in [-0.39, 0.29) is 5.69 Å². The number of nitro benzene ring substituents is 1. The molecule has 102 valence electrons. The molecule has 0 unspecified atom stereocenters. The first-order valence-corrected chi connectivity index (χ1v) is 5.58. The maximum atomic E-state index is 13.2. The summed E-state index contributed by atoms with van der Waals surface area (Å²) in [5, 5.41) is 13.1. The van der Waals surface area contributed by atoms with Crippen LogP contribution in [0.1, 0.15) is 10.4 Å². The van der Waals surface area contributed by atoms with Gasteiger partial charge in [0.15, 0.2) is 0 Å². The standard InChI is InChI=1S/C13H10FN3O3/c14-11-5-4-10(7-12(11)17(19)20)16-13(18)8-2-1-3-9(15)6-8/h1-7H,15H2,(H,16,18). The summed E-state index contributed by atoms with van der Waals surface area (Å²) in [7, 11) is 0. The Labute approximate surface area is 113 Å². The molecule has 0 aliphatic heterocycles. The highest BCUT2D eigenvalue weighted by molar-refractivity contribution is 6.04. The van der Waals surface area contributed by atoms with Crippen molar-refractivity contribution in [1.82, 2.24) is 0 Å². The quantitative estimate of drug-likeness (QED) is 0.511. The van der Waals surface area contributed by atoms with E-state index in [1.165, 1.54) is 12.1 Å². The number of nitrogens with two attached hydrogens (primary N) is 1. The molecule has 7 heteroatoms. The molecule has 1 amide bonds. The fourth-order valence-corrected chi connectivity index (χ4v) is 1.61. The zero-order chi connectivity index (χ0) is 14.7. The molecule has 20 heavy (non-hydrogen) atoms. The summed E-state index contributed by atoms with van der Waals surface area (Å²) in [6, 6.07) is 9.37. The lowest BCUT2D eigenvalue weighted by molar-refractivity contribution is -0.387. The van der Waals surface area contributed by atoms with Crippen molar-refractivity contribution in [2.75, 3.05) is 11.1 Å². The van der Waals surface area contributed by atoms with Crippen molar-refractivity contribution in [1.29, 1.82) is 0 Å². The Hall–Kier alpha value is -2.96. The molecule has 0 spiro atoms. The van der Waals surface area contributed by atoms with Crippen molar-refractivity contribution in [2.24, 2.45) is 0 Å². The summed E-state index contributed by atoms with van der Waals surface area (Å²) < 4.78 is 13.2. The van der Waals surface area contributed by atoms with Gasteiger partial charge in [0.1, 0.15) is 0 Å². The molecule has 0 aliphatic rings. The Kier molecular flexibility index (Phi) is 3.60. The second kappa shape index (κ2) is 5.35. The Morgan fingerprint density at radius 1 is 1.25 bits per heavy atom. The number of halogens is 1. The van der Waals surface area contributed by atoms with Gasteiger partial charge in [-0.15, -0.1) is 0 Å². The third-order valence-corrected chi connectivity index (χ3v) is 2.55. The molecule has 0 saturated heterocycles. The lowest BCUT2D eigenvalue weighted by Gasteiger charge is -2.06. The van der Waals surface area contributed by atoms with Crippen LogP contribution in [-0.2, 0) is 0 Å². The van der Waals surface area contributed by atoms with E-state index in [0.29, 0.717) is 11.3 Å². The Balaban J connectivity index is 2.24. The molecule has 2 aromatic carbocycles. The molecule has 0 fully saturated rings. The molecule has 0 saturated carbocycles. The van der Waals surface area contributed by atoms with Gasteiger partial charge in [-0.2, -0.15) is 4.39 Å². The van der Waals surface area contributed by atoms with Crippen molar-refractivity contribution in [3.05, 3.63) is 64.0 Å². The minimum Gasteiger partial charge on any atom is -0.399 e. The van der Waals surface area contributed by atoms with E-state index in [1.54, 1.807) is 18.2 Å². The maximum Gasteiger partial charge on any atom is 0.306 e. The van der Waals surface area contributed by atoms with Gasteiger partial charge in [-0.3, -0.25) is 14.9 Å². The van der Waals surface area contributed by atoms with Gasteiger partial charge in [-0.25, -0.2) is 0 Å². The van der Waals surface area contributed by atoms with E-state index in [4.69, 9.17) is 5.73 Å². The van der Waals surface area contributed by atoms with Crippen LogP contribution in [0.2, 0.25) is 0 Å². The van der Waals surface area contributed by atoms with Gasteiger partial charge in [0.25, 0.3) is 5.91 Å². The number of rotatable bonds is 3. The summed E-state index contributed by atoms with van der Waals surface area (Å²) in [6.45, 7) is 0. The maximum absolute atomic E-state index is 13.2. The highest BCUT2D eigenvalue weighted by Gasteiger charge is 2.15. The van der Waals surface area contributed by atoms with Crippen LogP contribution in [0.4, 0.5) is 21.5 Å². The molecule has 0 radical (unpaired) electrons. The lowest BCUT2D eigenvalue weighted by atomic mass is 10.2. The second-order valence-corrected chi connectivity index (χ2v) is 4.00. The third kappa shape index (κ3) is 2.89. The number of anilines is 2. The molecule has 0 atom stereocenters. The average Bonchev–Trinajstić information content (AvgIpc) is 2.40. The molecule has 6 nitrogen and oxygen atoms in total. The minimum absolute atomic E-state index is 0.130. The van der Waals surface area contributed by atoms with Gasteiger partial charge in [0.05, 0.1) is 4.92 Å². The van der Waals surface area contributed by atoms with Crippen molar-refractivity contribution < 1.29 is 14.1 Å². The number of nitro groups is 1. The molecule has 2 rings (SSSR count). The number of hydrogen-bond donors (Lipinski definition) is 2. The van der Waals surface area contributed by atoms with E-state index in [2.05, 4.69) is 5.32 Å². The van der Waals surface area contributed by atoms with E-state index in [9.17, 15) is 19.3 Å². The van der Waals surface area contributed by atoms with E-state index in [1.807, 2.05) is 0 Å². The van der Waals surface area contributed by atoms with Gasteiger partial charge in [-0.1, -0.05) is 6.07 Å². The normalized spacial score (nSPS) is 10.1. The lowest BCUT2D eigenvalue weighted by Crippen LogP contribution is -2.12. The summed E-state index contributed by atoms with van der Waals surface area (Å²) in [5.41, 5.74) is 5.71. The first kappa shape index (κ1) is 13.5. The minimum atomic E-state index is -0.961. The van der Waals surface area contributed by atoms with Crippen LogP contribution in [0.3, 0.4) is 0 Å². The average molecular weight is 275 g/mol. The van der Waals surface area contributed by atoms with Crippen LogP contribution >= 0.6 is 0 Å². The molecular formula is C13H10FN3O3. The number of nitrogens with zero attached hydrogens (tertiary/aromatic N) is 1. The topological polar surface area (TPSA) is 98.3 Å². The van der Waals surface area contributed by atoms with E-state index < -0.39 is 22.3 Å². The van der Waals surface area contributed by atoms with E-state index in [0.717, 1.165) is 12.1 Å². The van der Waals surface area contributed by atoms with Crippen molar-refractivity contribution >= 4 is 23.0 Å². The van der Waals surface area contributed by atoms with Gasteiger partial charge in [0.2, 0.25) is 5.82 Å². The van der Waals surface area contributed by atoms with Crippen LogP contribution < -0.4 is 11.1 Å². The third-order valence-electron chi connectivity index (χ3n) is 2.55. The van der Waals surface area contributed by atoms with Crippen LogP contribution in [0.15, 0.2) is 42.5 Å². The SMILES string of the molecule is Nc1cccc(C(=O)Nc2ccc(F)c([N+](=O)[O-])c2)c1. The summed E-state index contributed by atoms with van der Waals surface area (Å²) in [6.07, 6.45) is 0. The molecular weight excluding hydrogens is 265 g/mol. The van der Waals surface area contributed by atoms with E-state index >= 15 is 0 Å². The van der Waals surface area contributed by atoms with Crippen molar-refractivity contribution in [2.45, 2.75) is 0 Å². The summed E-state index contributed by atoms with van der Waals surface area (Å²) in [4.78, 5) is 21.7. The molecule has 0 heterocycles. The smallest absolute Gasteiger partial charge is 0.306 e. The van der Waals surface area contributed by atoms with Gasteiger partial charge in [0, 0.05) is 23.0 Å². The van der Waals surface area contributed by atoms with Crippen LogP contribution in [0, 0.1) is 15.9 Å². The number of nitrogen functional groups attached to an aromatic ring is 1. The largest absolute Gasteiger partial charge is 0.399 e. The van der Waals surface area contributed by atoms with Gasteiger partial charge < -0.3 is 11.1 Å². The van der Waals surface area contributed by atoms with Gasteiger partial charge in [-0.05, 0) is 30.3 Å². The number of carbonyl (C=O) groups excluding carboxylic acids is 1. The van der Waals surface area contributed by atoms with Crippen molar-refractivity contribution in [3.63, 3.8) is 0 Å². The van der Waals surface area contributed by atoms with Crippen LogP contribution in [-0.4, -0.2) is 10.8 Å².